The van der Waals surface area contributed by atoms with E-state index in [1.807, 2.05) is 13.0 Å². The van der Waals surface area contributed by atoms with Crippen molar-refractivity contribution in [2.24, 2.45) is 0 Å². The zero-order valence-electron chi connectivity index (χ0n) is 15.3. The van der Waals surface area contributed by atoms with Gasteiger partial charge in [0, 0.05) is 12.8 Å². The molecule has 0 unspecified atom stereocenters. The smallest absolute Gasteiger partial charge is 0.348 e. The molecule has 2 heterocycles. The molecule has 1 aromatic carbocycles. The number of hydrogen-bond acceptors (Lipinski definition) is 7. The number of hydrogen-bond donors (Lipinski definition) is 1. The zero-order valence-corrected chi connectivity index (χ0v) is 16.1. The van der Waals surface area contributed by atoms with E-state index in [1.165, 1.54) is 28.8 Å². The van der Waals surface area contributed by atoms with Crippen LogP contribution in [0.25, 0.3) is 10.2 Å². The Labute approximate surface area is 156 Å². The zero-order chi connectivity index (χ0) is 18.7. The van der Waals surface area contributed by atoms with E-state index >= 15 is 0 Å². The van der Waals surface area contributed by atoms with Crippen molar-refractivity contribution >= 4 is 39.0 Å². The molecule has 0 amide bonds. The highest BCUT2D eigenvalue weighted by molar-refractivity contribution is 7.20. The predicted molar refractivity (Wildman–Crippen MR) is 104 cm³/mol. The molecule has 0 bridgehead atoms. The molecule has 1 N–H and O–H groups in total. The molecule has 136 valence electrons. The van der Waals surface area contributed by atoms with Crippen molar-refractivity contribution in [3.8, 4) is 0 Å². The van der Waals surface area contributed by atoms with Gasteiger partial charge in [0.25, 0.3) is 0 Å². The molecule has 0 saturated heterocycles. The number of fused-ring (bicyclic) bond motifs is 1. The second-order valence-electron chi connectivity index (χ2n) is 6.01. The molecule has 26 heavy (non-hydrogen) atoms. The highest BCUT2D eigenvalue weighted by Gasteiger charge is 2.20. The highest BCUT2D eigenvalue weighted by atomic mass is 32.1. The SMILES string of the molecule is COCCOC(=O)c1sc2ncnc(Nc3ccc(C)c(C)c3)c2c1C. The monoisotopic (exact) mass is 371 g/mol. The van der Waals surface area contributed by atoms with Crippen LogP contribution in [0, 0.1) is 20.8 Å². The van der Waals surface area contributed by atoms with Crippen LogP contribution < -0.4 is 5.32 Å². The average molecular weight is 371 g/mol. The fourth-order valence-corrected chi connectivity index (χ4v) is 3.64. The molecule has 0 radical (unpaired) electrons. The first kappa shape index (κ1) is 18.3. The molecule has 6 nitrogen and oxygen atoms in total. The molecule has 3 rings (SSSR count). The van der Waals surface area contributed by atoms with Gasteiger partial charge < -0.3 is 14.8 Å². The van der Waals surface area contributed by atoms with E-state index < -0.39 is 0 Å². The van der Waals surface area contributed by atoms with Crippen LogP contribution in [0.4, 0.5) is 11.5 Å². The number of thiophene rings is 1. The van der Waals surface area contributed by atoms with Crippen molar-refractivity contribution in [1.82, 2.24) is 9.97 Å². The minimum absolute atomic E-state index is 0.225. The number of carbonyl (C=O) groups is 1. The summed E-state index contributed by atoms with van der Waals surface area (Å²) in [6, 6.07) is 6.15. The summed E-state index contributed by atoms with van der Waals surface area (Å²) in [4.78, 5) is 22.3. The third-order valence-electron chi connectivity index (χ3n) is 4.20. The number of anilines is 2. The topological polar surface area (TPSA) is 73.3 Å². The van der Waals surface area contributed by atoms with Crippen LogP contribution in [0.3, 0.4) is 0 Å². The first-order valence-electron chi connectivity index (χ1n) is 8.25. The van der Waals surface area contributed by atoms with E-state index in [2.05, 4.69) is 41.3 Å². The fraction of sp³-hybridized carbons (Fsp3) is 0.316. The third kappa shape index (κ3) is 3.68. The van der Waals surface area contributed by atoms with Gasteiger partial charge in [-0.15, -0.1) is 11.3 Å². The van der Waals surface area contributed by atoms with E-state index in [-0.39, 0.29) is 12.6 Å². The number of esters is 1. The Balaban J connectivity index is 1.94. The quantitative estimate of drug-likeness (QED) is 0.518. The normalized spacial score (nSPS) is 10.9. The van der Waals surface area contributed by atoms with Crippen LogP contribution in [0.1, 0.15) is 26.4 Å². The predicted octanol–water partition coefficient (Wildman–Crippen LogP) is 4.16. The lowest BCUT2D eigenvalue weighted by Crippen LogP contribution is -2.09. The molecule has 0 fully saturated rings. The van der Waals surface area contributed by atoms with Gasteiger partial charge in [-0.25, -0.2) is 14.8 Å². The van der Waals surface area contributed by atoms with E-state index in [0.717, 1.165) is 21.5 Å². The van der Waals surface area contributed by atoms with Crippen LogP contribution in [0.2, 0.25) is 0 Å². The van der Waals surface area contributed by atoms with Crippen LogP contribution in [0.5, 0.6) is 0 Å². The summed E-state index contributed by atoms with van der Waals surface area (Å²) in [6.45, 7) is 6.63. The fourth-order valence-electron chi connectivity index (χ4n) is 2.60. The summed E-state index contributed by atoms with van der Waals surface area (Å²) in [5.74, 6) is 0.322. The van der Waals surface area contributed by atoms with Crippen molar-refractivity contribution in [1.29, 1.82) is 0 Å². The van der Waals surface area contributed by atoms with Gasteiger partial charge in [0.2, 0.25) is 0 Å². The first-order chi connectivity index (χ1) is 12.5. The average Bonchev–Trinajstić information content (AvgIpc) is 2.96. The number of rotatable bonds is 6. The Hall–Kier alpha value is -2.51. The van der Waals surface area contributed by atoms with Gasteiger partial charge in [0.05, 0.1) is 12.0 Å². The van der Waals surface area contributed by atoms with Crippen molar-refractivity contribution in [3.05, 3.63) is 46.1 Å². The largest absolute Gasteiger partial charge is 0.459 e. The lowest BCUT2D eigenvalue weighted by Gasteiger charge is -2.09. The molecule has 0 spiro atoms. The number of nitrogens with zero attached hydrogens (tertiary/aromatic N) is 2. The molecule has 3 aromatic rings. The molecule has 0 aliphatic rings. The van der Waals surface area contributed by atoms with Gasteiger partial charge in [0.1, 0.15) is 28.5 Å². The summed E-state index contributed by atoms with van der Waals surface area (Å²) >= 11 is 1.31. The summed E-state index contributed by atoms with van der Waals surface area (Å²) in [5, 5.41) is 4.19. The number of aromatic nitrogens is 2. The number of ether oxygens (including phenoxy) is 2. The van der Waals surface area contributed by atoms with E-state index in [1.54, 1.807) is 7.11 Å². The van der Waals surface area contributed by atoms with Gasteiger partial charge in [-0.05, 0) is 49.6 Å². The second-order valence-corrected chi connectivity index (χ2v) is 7.01. The number of methoxy groups -OCH3 is 1. The minimum atomic E-state index is -0.361. The van der Waals surface area contributed by atoms with Gasteiger partial charge in [-0.1, -0.05) is 6.07 Å². The Morgan fingerprint density at radius 1 is 1.15 bits per heavy atom. The number of nitrogens with one attached hydrogen (secondary N) is 1. The molecule has 0 aliphatic carbocycles. The number of benzene rings is 1. The van der Waals surface area contributed by atoms with E-state index in [9.17, 15) is 4.79 Å². The first-order valence-corrected chi connectivity index (χ1v) is 9.07. The van der Waals surface area contributed by atoms with E-state index in [0.29, 0.717) is 17.3 Å². The molecule has 0 atom stereocenters. The maximum atomic E-state index is 12.3. The van der Waals surface area contributed by atoms with Crippen molar-refractivity contribution in [3.63, 3.8) is 0 Å². The summed E-state index contributed by atoms with van der Waals surface area (Å²) < 4.78 is 10.2. The minimum Gasteiger partial charge on any atom is -0.459 e. The lowest BCUT2D eigenvalue weighted by molar-refractivity contribution is 0.0393. The standard InChI is InChI=1S/C19H21N3O3S/c1-11-5-6-14(9-12(11)2)22-17-15-13(3)16(19(23)25-8-7-24-4)26-18(15)21-10-20-17/h5-6,9-10H,7-8H2,1-4H3,(H,20,21,22). The van der Waals surface area contributed by atoms with E-state index in [4.69, 9.17) is 9.47 Å². The van der Waals surface area contributed by atoms with Gasteiger partial charge in [-0.2, -0.15) is 0 Å². The molecule has 2 aromatic heterocycles. The summed E-state index contributed by atoms with van der Waals surface area (Å²) in [5.41, 5.74) is 4.20. The summed E-state index contributed by atoms with van der Waals surface area (Å²) in [7, 11) is 1.57. The highest BCUT2D eigenvalue weighted by Crippen LogP contribution is 2.35. The Morgan fingerprint density at radius 3 is 2.69 bits per heavy atom. The van der Waals surface area contributed by atoms with Crippen molar-refractivity contribution in [2.45, 2.75) is 20.8 Å². The Bertz CT molecular complexity index is 953. The van der Waals surface area contributed by atoms with Crippen LogP contribution in [-0.4, -0.2) is 36.3 Å². The Morgan fingerprint density at radius 2 is 1.96 bits per heavy atom. The third-order valence-corrected chi connectivity index (χ3v) is 5.38. The second kappa shape index (κ2) is 7.80. The molecular formula is C19H21N3O3S. The van der Waals surface area contributed by atoms with Crippen LogP contribution in [-0.2, 0) is 9.47 Å². The number of carbonyl (C=O) groups excluding carboxylic acids is 1. The van der Waals surface area contributed by atoms with Gasteiger partial charge in [0.15, 0.2) is 0 Å². The molecule has 0 saturated carbocycles. The van der Waals surface area contributed by atoms with Crippen LogP contribution in [0.15, 0.2) is 24.5 Å². The molecule has 0 aliphatic heterocycles. The summed E-state index contributed by atoms with van der Waals surface area (Å²) in [6.07, 6.45) is 1.50. The number of aryl methyl sites for hydroxylation is 3. The van der Waals surface area contributed by atoms with Crippen molar-refractivity contribution < 1.29 is 14.3 Å². The lowest BCUT2D eigenvalue weighted by atomic mass is 10.1. The van der Waals surface area contributed by atoms with Gasteiger partial charge in [-0.3, -0.25) is 0 Å². The van der Waals surface area contributed by atoms with Crippen molar-refractivity contribution in [2.75, 3.05) is 25.6 Å². The Kier molecular flexibility index (Phi) is 5.49. The maximum absolute atomic E-state index is 12.3. The molecular weight excluding hydrogens is 350 g/mol. The molecule has 7 heteroatoms. The van der Waals surface area contributed by atoms with Crippen LogP contribution >= 0.6 is 11.3 Å². The maximum Gasteiger partial charge on any atom is 0.348 e. The van der Waals surface area contributed by atoms with Gasteiger partial charge >= 0.3 is 5.97 Å².